The minimum Gasteiger partial charge on any atom is -0.477 e. The molecule has 2 heterocycles. The highest BCUT2D eigenvalue weighted by molar-refractivity contribution is 6.42. The number of aromatic nitrogens is 4. The molecular formula is C19H19Cl2N5O3. The van der Waals surface area contributed by atoms with Gasteiger partial charge in [0.1, 0.15) is 11.7 Å². The van der Waals surface area contributed by atoms with Crippen molar-refractivity contribution in [3.63, 3.8) is 0 Å². The Morgan fingerprint density at radius 2 is 1.93 bits per heavy atom. The molecule has 0 fully saturated rings. The summed E-state index contributed by atoms with van der Waals surface area (Å²) in [7, 11) is 0. The van der Waals surface area contributed by atoms with Crippen LogP contribution in [-0.4, -0.2) is 36.5 Å². The van der Waals surface area contributed by atoms with Crippen molar-refractivity contribution < 1.29 is 14.7 Å². The molecule has 29 heavy (non-hydrogen) atoms. The van der Waals surface area contributed by atoms with Gasteiger partial charge in [-0.3, -0.25) is 9.48 Å². The first-order chi connectivity index (χ1) is 13.7. The lowest BCUT2D eigenvalue weighted by Gasteiger charge is -2.14. The molecule has 10 heteroatoms. The van der Waals surface area contributed by atoms with Crippen LogP contribution in [0.15, 0.2) is 30.5 Å². The number of benzene rings is 1. The molecule has 3 aromatic rings. The highest BCUT2D eigenvalue weighted by atomic mass is 35.5. The SMILES string of the molecule is Cc1nn(Cc2ccc(Cl)c(Cl)c2)c(C)c1NC(=O)C(C)n1nccc1C(=O)O. The molecule has 0 radical (unpaired) electrons. The Morgan fingerprint density at radius 1 is 1.21 bits per heavy atom. The van der Waals surface area contributed by atoms with E-state index in [2.05, 4.69) is 15.5 Å². The Bertz CT molecular complexity index is 1090. The monoisotopic (exact) mass is 435 g/mol. The Kier molecular flexibility index (Phi) is 5.95. The van der Waals surface area contributed by atoms with Crippen molar-refractivity contribution in [2.45, 2.75) is 33.4 Å². The van der Waals surface area contributed by atoms with Gasteiger partial charge < -0.3 is 10.4 Å². The number of aryl methyl sites for hydroxylation is 1. The van der Waals surface area contributed by atoms with Gasteiger partial charge in [0.15, 0.2) is 0 Å². The molecule has 1 amide bonds. The molecular weight excluding hydrogens is 417 g/mol. The van der Waals surface area contributed by atoms with Crippen molar-refractivity contribution in [1.29, 1.82) is 0 Å². The zero-order chi connectivity index (χ0) is 21.3. The summed E-state index contributed by atoms with van der Waals surface area (Å²) in [6.45, 7) is 5.67. The number of amides is 1. The number of anilines is 1. The van der Waals surface area contributed by atoms with Crippen LogP contribution in [0, 0.1) is 13.8 Å². The second-order valence-corrected chi connectivity index (χ2v) is 7.40. The summed E-state index contributed by atoms with van der Waals surface area (Å²) in [4.78, 5) is 24.0. The minimum atomic E-state index is -1.15. The largest absolute Gasteiger partial charge is 0.477 e. The van der Waals surface area contributed by atoms with Gasteiger partial charge in [-0.2, -0.15) is 10.2 Å². The first-order valence-corrected chi connectivity index (χ1v) is 9.50. The van der Waals surface area contributed by atoms with Gasteiger partial charge in [0, 0.05) is 6.20 Å². The van der Waals surface area contributed by atoms with E-state index < -0.39 is 17.9 Å². The third-order valence-electron chi connectivity index (χ3n) is 4.58. The normalized spacial score (nSPS) is 12.0. The molecule has 2 N–H and O–H groups in total. The van der Waals surface area contributed by atoms with E-state index in [0.29, 0.717) is 28.0 Å². The summed E-state index contributed by atoms with van der Waals surface area (Å²) >= 11 is 12.0. The van der Waals surface area contributed by atoms with Crippen molar-refractivity contribution in [3.8, 4) is 0 Å². The fraction of sp³-hybridized carbons (Fsp3) is 0.263. The van der Waals surface area contributed by atoms with Crippen LogP contribution in [0.5, 0.6) is 0 Å². The van der Waals surface area contributed by atoms with Crippen LogP contribution in [-0.2, 0) is 11.3 Å². The maximum atomic E-state index is 12.7. The average molecular weight is 436 g/mol. The maximum Gasteiger partial charge on any atom is 0.354 e. The highest BCUT2D eigenvalue weighted by Crippen LogP contribution is 2.25. The molecule has 0 spiro atoms. The third kappa shape index (κ3) is 4.28. The van der Waals surface area contributed by atoms with E-state index in [1.807, 2.05) is 13.0 Å². The molecule has 152 valence electrons. The average Bonchev–Trinajstić information content (AvgIpc) is 3.25. The highest BCUT2D eigenvalue weighted by Gasteiger charge is 2.23. The molecule has 0 aliphatic carbocycles. The van der Waals surface area contributed by atoms with Gasteiger partial charge in [-0.15, -0.1) is 0 Å². The smallest absolute Gasteiger partial charge is 0.354 e. The Labute approximate surface area is 177 Å². The summed E-state index contributed by atoms with van der Waals surface area (Å²) in [6, 6.07) is 5.88. The van der Waals surface area contributed by atoms with E-state index in [0.717, 1.165) is 11.3 Å². The first-order valence-electron chi connectivity index (χ1n) is 8.74. The number of carboxylic acids is 1. The number of aromatic carboxylic acids is 1. The third-order valence-corrected chi connectivity index (χ3v) is 5.32. The van der Waals surface area contributed by atoms with E-state index in [1.165, 1.54) is 16.9 Å². The van der Waals surface area contributed by atoms with Crippen molar-refractivity contribution in [1.82, 2.24) is 19.6 Å². The van der Waals surface area contributed by atoms with Crippen molar-refractivity contribution in [2.24, 2.45) is 0 Å². The number of carboxylic acid groups (broad SMARTS) is 1. The lowest BCUT2D eigenvalue weighted by molar-refractivity contribution is -0.119. The number of halogens is 2. The minimum absolute atomic E-state index is 0.0589. The van der Waals surface area contributed by atoms with E-state index in [9.17, 15) is 14.7 Å². The van der Waals surface area contributed by atoms with Gasteiger partial charge in [0.05, 0.1) is 33.7 Å². The van der Waals surface area contributed by atoms with Crippen molar-refractivity contribution in [2.75, 3.05) is 5.32 Å². The molecule has 0 aliphatic rings. The number of carbonyl (C=O) groups excluding carboxylic acids is 1. The standard InChI is InChI=1S/C19H19Cl2N5O3/c1-10-17(23-18(27)12(3)26-16(19(28)29)6-7-22-26)11(2)25(24-10)9-13-4-5-14(20)15(21)8-13/h4-8,12H,9H2,1-3H3,(H,23,27)(H,28,29). The zero-order valence-electron chi connectivity index (χ0n) is 16.0. The predicted molar refractivity (Wildman–Crippen MR) is 110 cm³/mol. The summed E-state index contributed by atoms with van der Waals surface area (Å²) in [5, 5.41) is 21.4. The number of rotatable bonds is 6. The zero-order valence-corrected chi connectivity index (χ0v) is 17.5. The van der Waals surface area contributed by atoms with E-state index in [4.69, 9.17) is 23.2 Å². The molecule has 1 atom stereocenters. The first kappa shape index (κ1) is 20.9. The molecule has 0 saturated heterocycles. The van der Waals surface area contributed by atoms with Crippen LogP contribution in [0.25, 0.3) is 0 Å². The van der Waals surface area contributed by atoms with Gasteiger partial charge in [-0.1, -0.05) is 29.3 Å². The molecule has 8 nitrogen and oxygen atoms in total. The molecule has 1 unspecified atom stereocenters. The van der Waals surface area contributed by atoms with Crippen LogP contribution >= 0.6 is 23.2 Å². The fourth-order valence-electron chi connectivity index (χ4n) is 2.97. The maximum absolute atomic E-state index is 12.7. The number of hydrogen-bond donors (Lipinski definition) is 2. The van der Waals surface area contributed by atoms with Gasteiger partial charge >= 0.3 is 5.97 Å². The van der Waals surface area contributed by atoms with Crippen LogP contribution in [0.4, 0.5) is 5.69 Å². The van der Waals surface area contributed by atoms with E-state index in [-0.39, 0.29) is 5.69 Å². The van der Waals surface area contributed by atoms with Crippen LogP contribution in [0.1, 0.15) is 40.4 Å². The molecule has 3 rings (SSSR count). The Hall–Kier alpha value is -2.84. The second-order valence-electron chi connectivity index (χ2n) is 6.58. The topological polar surface area (TPSA) is 102 Å². The lowest BCUT2D eigenvalue weighted by Crippen LogP contribution is -2.27. The molecule has 2 aromatic heterocycles. The predicted octanol–water partition coefficient (Wildman–Crippen LogP) is 3.95. The van der Waals surface area contributed by atoms with Crippen LogP contribution < -0.4 is 5.32 Å². The van der Waals surface area contributed by atoms with Crippen LogP contribution in [0.3, 0.4) is 0 Å². The quantitative estimate of drug-likeness (QED) is 0.609. The van der Waals surface area contributed by atoms with Gasteiger partial charge in [0.25, 0.3) is 0 Å². The lowest BCUT2D eigenvalue weighted by atomic mass is 10.2. The molecule has 1 aromatic carbocycles. The van der Waals surface area contributed by atoms with Gasteiger partial charge in [0.2, 0.25) is 5.91 Å². The van der Waals surface area contributed by atoms with Crippen molar-refractivity contribution in [3.05, 3.63) is 63.2 Å². The summed E-state index contributed by atoms with van der Waals surface area (Å²) in [5.74, 6) is -1.54. The van der Waals surface area contributed by atoms with Gasteiger partial charge in [-0.25, -0.2) is 9.48 Å². The van der Waals surface area contributed by atoms with Crippen molar-refractivity contribution >= 4 is 40.8 Å². The van der Waals surface area contributed by atoms with Gasteiger partial charge in [-0.05, 0) is 44.5 Å². The molecule has 0 saturated carbocycles. The number of nitrogens with zero attached hydrogens (tertiary/aromatic N) is 4. The van der Waals surface area contributed by atoms with Crippen LogP contribution in [0.2, 0.25) is 10.0 Å². The summed E-state index contributed by atoms with van der Waals surface area (Å²) in [6.07, 6.45) is 1.35. The van der Waals surface area contributed by atoms with E-state index in [1.54, 1.807) is 30.7 Å². The number of carbonyl (C=O) groups is 2. The fourth-order valence-corrected chi connectivity index (χ4v) is 3.29. The Balaban J connectivity index is 1.81. The number of nitrogens with one attached hydrogen (secondary N) is 1. The second kappa shape index (κ2) is 8.26. The summed E-state index contributed by atoms with van der Waals surface area (Å²) < 4.78 is 2.92. The molecule has 0 aliphatic heterocycles. The number of hydrogen-bond acceptors (Lipinski definition) is 4. The summed E-state index contributed by atoms with van der Waals surface area (Å²) in [5.41, 5.74) is 2.83. The molecule has 0 bridgehead atoms. The van der Waals surface area contributed by atoms with E-state index >= 15 is 0 Å². The Morgan fingerprint density at radius 3 is 2.59 bits per heavy atom.